The SMILES string of the molecule is COc1cccc(CO[C@@H](CN2CCN(C(=O)[C@H](C)Oc3ccccc3)CC2)c2ccc(Cl)cc2)c1. The molecule has 1 fully saturated rings. The van der Waals surface area contributed by atoms with Crippen molar-refractivity contribution in [2.24, 2.45) is 0 Å². The highest BCUT2D eigenvalue weighted by Crippen LogP contribution is 2.24. The molecule has 3 aromatic rings. The molecule has 0 radical (unpaired) electrons. The molecule has 1 aliphatic rings. The third kappa shape index (κ3) is 7.23. The van der Waals surface area contributed by atoms with E-state index in [-0.39, 0.29) is 12.0 Å². The summed E-state index contributed by atoms with van der Waals surface area (Å²) in [5, 5.41) is 0.698. The molecule has 2 atom stereocenters. The lowest BCUT2D eigenvalue weighted by Crippen LogP contribution is -2.52. The van der Waals surface area contributed by atoms with Crippen LogP contribution < -0.4 is 9.47 Å². The third-order valence-corrected chi connectivity index (χ3v) is 6.59. The lowest BCUT2D eigenvalue weighted by atomic mass is 10.1. The van der Waals surface area contributed by atoms with Gasteiger partial charge < -0.3 is 19.1 Å². The maximum Gasteiger partial charge on any atom is 0.263 e. The number of ether oxygens (including phenoxy) is 3. The summed E-state index contributed by atoms with van der Waals surface area (Å²) in [6.45, 7) is 5.87. The number of carbonyl (C=O) groups is 1. The summed E-state index contributed by atoms with van der Waals surface area (Å²) in [5.41, 5.74) is 2.13. The van der Waals surface area contributed by atoms with Gasteiger partial charge in [0.1, 0.15) is 11.5 Å². The van der Waals surface area contributed by atoms with E-state index in [4.69, 9.17) is 25.8 Å². The molecule has 4 rings (SSSR count). The lowest BCUT2D eigenvalue weighted by Gasteiger charge is -2.37. The Morgan fingerprint density at radius 1 is 0.917 bits per heavy atom. The molecule has 0 N–H and O–H groups in total. The quantitative estimate of drug-likeness (QED) is 0.376. The summed E-state index contributed by atoms with van der Waals surface area (Å²) in [7, 11) is 1.66. The Labute approximate surface area is 218 Å². The molecule has 0 bridgehead atoms. The van der Waals surface area contributed by atoms with Crippen molar-refractivity contribution in [1.29, 1.82) is 0 Å². The molecule has 1 amide bonds. The standard InChI is InChI=1S/C29H33ClN2O4/c1-22(36-26-8-4-3-5-9-26)29(33)32-17-15-31(16-18-32)20-28(24-11-13-25(30)14-12-24)35-21-23-7-6-10-27(19-23)34-2/h3-14,19,22,28H,15-18,20-21H2,1-2H3/t22-,28-/m0/s1. The minimum Gasteiger partial charge on any atom is -0.497 e. The number of methoxy groups -OCH3 is 1. The fourth-order valence-corrected chi connectivity index (χ4v) is 4.41. The van der Waals surface area contributed by atoms with Crippen LogP contribution in [0.5, 0.6) is 11.5 Å². The van der Waals surface area contributed by atoms with E-state index in [1.807, 2.05) is 90.7 Å². The molecular weight excluding hydrogens is 476 g/mol. The van der Waals surface area contributed by atoms with E-state index in [2.05, 4.69) is 4.90 Å². The van der Waals surface area contributed by atoms with E-state index < -0.39 is 6.10 Å². The van der Waals surface area contributed by atoms with Crippen LogP contribution in [0.15, 0.2) is 78.9 Å². The van der Waals surface area contributed by atoms with Gasteiger partial charge in [-0.1, -0.05) is 54.1 Å². The largest absolute Gasteiger partial charge is 0.497 e. The van der Waals surface area contributed by atoms with Gasteiger partial charge in [0.2, 0.25) is 0 Å². The Morgan fingerprint density at radius 2 is 1.61 bits per heavy atom. The van der Waals surface area contributed by atoms with Crippen LogP contribution in [-0.4, -0.2) is 61.6 Å². The Hall–Kier alpha value is -3.06. The molecule has 0 aliphatic carbocycles. The molecule has 0 aromatic heterocycles. The van der Waals surface area contributed by atoms with E-state index in [1.165, 1.54) is 0 Å². The lowest BCUT2D eigenvalue weighted by molar-refractivity contribution is -0.140. The van der Waals surface area contributed by atoms with Gasteiger partial charge in [0.05, 0.1) is 19.8 Å². The van der Waals surface area contributed by atoms with Crippen molar-refractivity contribution in [3.8, 4) is 11.5 Å². The number of para-hydroxylation sites is 1. The number of benzene rings is 3. The van der Waals surface area contributed by atoms with Crippen LogP contribution in [0.25, 0.3) is 0 Å². The summed E-state index contributed by atoms with van der Waals surface area (Å²) >= 11 is 6.12. The Morgan fingerprint density at radius 3 is 2.31 bits per heavy atom. The molecule has 1 heterocycles. The van der Waals surface area contributed by atoms with Gasteiger partial charge in [-0.15, -0.1) is 0 Å². The first-order valence-corrected chi connectivity index (χ1v) is 12.6. The first kappa shape index (κ1) is 26.0. The van der Waals surface area contributed by atoms with Crippen LogP contribution in [0.3, 0.4) is 0 Å². The van der Waals surface area contributed by atoms with E-state index in [9.17, 15) is 4.79 Å². The second-order valence-corrected chi connectivity index (χ2v) is 9.34. The normalized spacial score (nSPS) is 15.8. The molecular formula is C29H33ClN2O4. The van der Waals surface area contributed by atoms with Gasteiger partial charge >= 0.3 is 0 Å². The van der Waals surface area contributed by atoms with Gasteiger partial charge in [-0.25, -0.2) is 0 Å². The number of halogens is 1. The maximum atomic E-state index is 12.9. The Bertz CT molecular complexity index is 1100. The van der Waals surface area contributed by atoms with E-state index >= 15 is 0 Å². The maximum absolute atomic E-state index is 12.9. The highest BCUT2D eigenvalue weighted by atomic mass is 35.5. The number of rotatable bonds is 10. The summed E-state index contributed by atoms with van der Waals surface area (Å²) in [6, 6.07) is 25.2. The summed E-state index contributed by atoms with van der Waals surface area (Å²) in [6.07, 6.45) is -0.650. The van der Waals surface area contributed by atoms with Gasteiger partial charge in [0.25, 0.3) is 5.91 Å². The van der Waals surface area contributed by atoms with Crippen molar-refractivity contribution in [3.05, 3.63) is 95.0 Å². The molecule has 0 unspecified atom stereocenters. The van der Waals surface area contributed by atoms with E-state index in [0.717, 1.165) is 36.5 Å². The molecule has 3 aromatic carbocycles. The molecule has 1 aliphatic heterocycles. The second-order valence-electron chi connectivity index (χ2n) is 8.90. The number of piperazine rings is 1. The minimum atomic E-state index is -0.521. The van der Waals surface area contributed by atoms with Gasteiger partial charge in [-0.3, -0.25) is 9.69 Å². The van der Waals surface area contributed by atoms with Crippen molar-refractivity contribution in [3.63, 3.8) is 0 Å². The number of amides is 1. The van der Waals surface area contributed by atoms with Crippen LogP contribution in [0.4, 0.5) is 0 Å². The fourth-order valence-electron chi connectivity index (χ4n) is 4.29. The van der Waals surface area contributed by atoms with Crippen LogP contribution in [-0.2, 0) is 16.1 Å². The van der Waals surface area contributed by atoms with E-state index in [0.29, 0.717) is 30.5 Å². The van der Waals surface area contributed by atoms with E-state index in [1.54, 1.807) is 7.11 Å². The molecule has 0 saturated carbocycles. The number of nitrogens with zero attached hydrogens (tertiary/aromatic N) is 2. The van der Waals surface area contributed by atoms with Crippen LogP contribution in [0.2, 0.25) is 5.02 Å². The molecule has 190 valence electrons. The topological polar surface area (TPSA) is 51.2 Å². The summed E-state index contributed by atoms with van der Waals surface area (Å²) in [4.78, 5) is 17.2. The molecule has 0 spiro atoms. The zero-order valence-corrected chi connectivity index (χ0v) is 21.6. The monoisotopic (exact) mass is 508 g/mol. The average Bonchev–Trinajstić information content (AvgIpc) is 2.92. The van der Waals surface area contributed by atoms with Crippen LogP contribution in [0, 0.1) is 0 Å². The van der Waals surface area contributed by atoms with Crippen molar-refractivity contribution in [2.75, 3.05) is 39.8 Å². The van der Waals surface area contributed by atoms with Crippen molar-refractivity contribution < 1.29 is 19.0 Å². The van der Waals surface area contributed by atoms with Gasteiger partial charge in [-0.05, 0) is 54.4 Å². The zero-order chi connectivity index (χ0) is 25.3. The van der Waals surface area contributed by atoms with Crippen molar-refractivity contribution >= 4 is 17.5 Å². The fraction of sp³-hybridized carbons (Fsp3) is 0.345. The highest BCUT2D eigenvalue weighted by molar-refractivity contribution is 6.30. The number of hydrogen-bond donors (Lipinski definition) is 0. The van der Waals surface area contributed by atoms with Crippen LogP contribution in [0.1, 0.15) is 24.2 Å². The number of carbonyl (C=O) groups excluding carboxylic acids is 1. The molecule has 7 heteroatoms. The van der Waals surface area contributed by atoms with Crippen molar-refractivity contribution in [1.82, 2.24) is 9.80 Å². The first-order chi connectivity index (χ1) is 17.5. The molecule has 36 heavy (non-hydrogen) atoms. The Kier molecular flexibility index (Phi) is 9.23. The smallest absolute Gasteiger partial charge is 0.263 e. The zero-order valence-electron chi connectivity index (χ0n) is 20.8. The predicted octanol–water partition coefficient (Wildman–Crippen LogP) is 5.22. The van der Waals surface area contributed by atoms with Crippen molar-refractivity contribution in [2.45, 2.75) is 25.7 Å². The molecule has 6 nitrogen and oxygen atoms in total. The number of hydrogen-bond acceptors (Lipinski definition) is 5. The highest BCUT2D eigenvalue weighted by Gasteiger charge is 2.27. The van der Waals surface area contributed by atoms with Gasteiger partial charge in [-0.2, -0.15) is 0 Å². The molecule has 1 saturated heterocycles. The predicted molar refractivity (Wildman–Crippen MR) is 142 cm³/mol. The second kappa shape index (κ2) is 12.8. The third-order valence-electron chi connectivity index (χ3n) is 6.34. The van der Waals surface area contributed by atoms with Gasteiger partial charge in [0, 0.05) is 37.7 Å². The summed E-state index contributed by atoms with van der Waals surface area (Å²) < 4.78 is 17.6. The van der Waals surface area contributed by atoms with Gasteiger partial charge in [0.15, 0.2) is 6.10 Å². The Balaban J connectivity index is 1.34. The van der Waals surface area contributed by atoms with Crippen LogP contribution >= 0.6 is 11.6 Å². The minimum absolute atomic E-state index is 0.0158. The average molecular weight is 509 g/mol. The summed E-state index contributed by atoms with van der Waals surface area (Å²) in [5.74, 6) is 1.53. The first-order valence-electron chi connectivity index (χ1n) is 12.2.